The minimum Gasteiger partial charge on any atom is -0.350 e. The number of benzene rings is 1. The van der Waals surface area contributed by atoms with Gasteiger partial charge >= 0.3 is 0 Å². The summed E-state index contributed by atoms with van der Waals surface area (Å²) < 4.78 is 0. The lowest BCUT2D eigenvalue weighted by Gasteiger charge is -2.33. The largest absolute Gasteiger partial charge is 0.350 e. The molecule has 1 aromatic carbocycles. The molecular weight excluding hydrogens is 234 g/mol. The third-order valence-electron chi connectivity index (χ3n) is 4.84. The minimum atomic E-state index is -0.0296. The van der Waals surface area contributed by atoms with Gasteiger partial charge in [0.25, 0.3) is 0 Å². The molecule has 2 fully saturated rings. The maximum atomic E-state index is 11.6. The van der Waals surface area contributed by atoms with Gasteiger partial charge in [0.1, 0.15) is 0 Å². The molecule has 1 aliphatic heterocycles. The fourth-order valence-electron chi connectivity index (χ4n) is 3.20. The van der Waals surface area contributed by atoms with E-state index in [1.807, 2.05) is 0 Å². The van der Waals surface area contributed by atoms with Crippen molar-refractivity contribution >= 4 is 5.91 Å². The predicted octanol–water partition coefficient (Wildman–Crippen LogP) is 3.41. The molecule has 0 spiro atoms. The van der Waals surface area contributed by atoms with Crippen LogP contribution in [0.2, 0.25) is 0 Å². The molecular formula is C17H23NO. The first-order chi connectivity index (χ1) is 9.09. The van der Waals surface area contributed by atoms with Gasteiger partial charge in [0.05, 0.1) is 0 Å². The molecule has 0 radical (unpaired) electrons. The molecule has 2 aliphatic rings. The fourth-order valence-corrected chi connectivity index (χ4v) is 3.20. The van der Waals surface area contributed by atoms with Crippen LogP contribution in [-0.2, 0) is 11.2 Å². The zero-order valence-corrected chi connectivity index (χ0v) is 11.9. The molecule has 2 nitrogen and oxygen atoms in total. The highest BCUT2D eigenvalue weighted by atomic mass is 16.2. The zero-order valence-electron chi connectivity index (χ0n) is 11.9. The first-order valence-electron chi connectivity index (χ1n) is 7.49. The zero-order chi connectivity index (χ0) is 13.5. The normalized spacial score (nSPS) is 26.8. The SMILES string of the molecule is CC(C)C1(Cc2ccc(C3CC3)cc2)CCC(=O)N1. The molecule has 1 N–H and O–H groups in total. The molecule has 1 aliphatic carbocycles. The second-order valence-corrected chi connectivity index (χ2v) is 6.55. The molecule has 1 saturated heterocycles. The number of carbonyl (C=O) groups is 1. The van der Waals surface area contributed by atoms with E-state index in [1.54, 1.807) is 0 Å². The number of rotatable bonds is 4. The Morgan fingerprint density at radius 3 is 2.42 bits per heavy atom. The van der Waals surface area contributed by atoms with E-state index in [1.165, 1.54) is 24.0 Å². The van der Waals surface area contributed by atoms with Crippen molar-refractivity contribution < 1.29 is 4.79 Å². The van der Waals surface area contributed by atoms with Gasteiger partial charge in [0.2, 0.25) is 5.91 Å². The van der Waals surface area contributed by atoms with Crippen LogP contribution in [0.25, 0.3) is 0 Å². The summed E-state index contributed by atoms with van der Waals surface area (Å²) in [5.41, 5.74) is 2.80. The summed E-state index contributed by atoms with van der Waals surface area (Å²) in [6.07, 6.45) is 5.31. The van der Waals surface area contributed by atoms with Crippen LogP contribution in [0.15, 0.2) is 24.3 Å². The fraction of sp³-hybridized carbons (Fsp3) is 0.588. The molecule has 1 unspecified atom stereocenters. The summed E-state index contributed by atoms with van der Waals surface area (Å²) in [6.45, 7) is 4.42. The third-order valence-corrected chi connectivity index (χ3v) is 4.84. The monoisotopic (exact) mass is 257 g/mol. The average Bonchev–Trinajstić information content (AvgIpc) is 3.15. The van der Waals surface area contributed by atoms with Gasteiger partial charge < -0.3 is 5.32 Å². The standard InChI is InChI=1S/C17H23NO/c1-12(2)17(10-9-16(19)18-17)11-13-3-5-14(6-4-13)15-7-8-15/h3-6,12,15H,7-11H2,1-2H3,(H,18,19). The Hall–Kier alpha value is -1.31. The second kappa shape index (κ2) is 4.66. The molecule has 1 atom stereocenters. The number of carbonyl (C=O) groups excluding carboxylic acids is 1. The molecule has 1 aromatic rings. The molecule has 102 valence electrons. The molecule has 19 heavy (non-hydrogen) atoms. The van der Waals surface area contributed by atoms with E-state index in [9.17, 15) is 4.79 Å². The van der Waals surface area contributed by atoms with Gasteiger partial charge in [0, 0.05) is 12.0 Å². The van der Waals surface area contributed by atoms with E-state index < -0.39 is 0 Å². The quantitative estimate of drug-likeness (QED) is 0.880. The number of hydrogen-bond donors (Lipinski definition) is 1. The lowest BCUT2D eigenvalue weighted by molar-refractivity contribution is -0.120. The van der Waals surface area contributed by atoms with Crippen LogP contribution in [0, 0.1) is 5.92 Å². The third kappa shape index (κ3) is 2.54. The van der Waals surface area contributed by atoms with E-state index in [0.717, 1.165) is 18.8 Å². The van der Waals surface area contributed by atoms with Crippen molar-refractivity contribution in [2.24, 2.45) is 5.92 Å². The Kier molecular flexibility index (Phi) is 3.12. The van der Waals surface area contributed by atoms with Gasteiger partial charge in [0.15, 0.2) is 0 Å². The topological polar surface area (TPSA) is 29.1 Å². The molecule has 3 rings (SSSR count). The molecule has 0 aromatic heterocycles. The van der Waals surface area contributed by atoms with Gasteiger partial charge in [-0.2, -0.15) is 0 Å². The van der Waals surface area contributed by atoms with Gasteiger partial charge in [-0.1, -0.05) is 38.1 Å². The van der Waals surface area contributed by atoms with Crippen molar-refractivity contribution in [3.8, 4) is 0 Å². The maximum absolute atomic E-state index is 11.6. The van der Waals surface area contributed by atoms with Crippen LogP contribution in [0.1, 0.15) is 56.6 Å². The summed E-state index contributed by atoms with van der Waals surface area (Å²) in [5.74, 6) is 1.50. The predicted molar refractivity (Wildman–Crippen MR) is 77.1 cm³/mol. The lowest BCUT2D eigenvalue weighted by atomic mass is 9.79. The van der Waals surface area contributed by atoms with Gasteiger partial charge in [-0.25, -0.2) is 0 Å². The molecule has 1 amide bonds. The summed E-state index contributed by atoms with van der Waals surface area (Å²) >= 11 is 0. The summed E-state index contributed by atoms with van der Waals surface area (Å²) in [4.78, 5) is 11.6. The second-order valence-electron chi connectivity index (χ2n) is 6.55. The van der Waals surface area contributed by atoms with Crippen LogP contribution < -0.4 is 5.32 Å². The molecule has 2 heteroatoms. The molecule has 1 heterocycles. The maximum Gasteiger partial charge on any atom is 0.220 e. The summed E-state index contributed by atoms with van der Waals surface area (Å²) in [7, 11) is 0. The van der Waals surface area contributed by atoms with Gasteiger partial charge in [-0.05, 0) is 48.6 Å². The smallest absolute Gasteiger partial charge is 0.220 e. The van der Waals surface area contributed by atoms with E-state index in [4.69, 9.17) is 0 Å². The Morgan fingerprint density at radius 1 is 1.26 bits per heavy atom. The van der Waals surface area contributed by atoms with Crippen molar-refractivity contribution in [2.75, 3.05) is 0 Å². The highest BCUT2D eigenvalue weighted by Gasteiger charge is 2.40. The number of amides is 1. The highest BCUT2D eigenvalue weighted by molar-refractivity contribution is 5.79. The first kappa shape index (κ1) is 12.7. The molecule has 1 saturated carbocycles. The highest BCUT2D eigenvalue weighted by Crippen LogP contribution is 2.40. The van der Waals surface area contributed by atoms with Crippen LogP contribution in [0.4, 0.5) is 0 Å². The van der Waals surface area contributed by atoms with E-state index in [0.29, 0.717) is 12.3 Å². The number of nitrogens with one attached hydrogen (secondary N) is 1. The number of hydrogen-bond acceptors (Lipinski definition) is 1. The van der Waals surface area contributed by atoms with Crippen LogP contribution in [0.5, 0.6) is 0 Å². The summed E-state index contributed by atoms with van der Waals surface area (Å²) in [5, 5.41) is 3.23. The van der Waals surface area contributed by atoms with Crippen LogP contribution in [0.3, 0.4) is 0 Å². The summed E-state index contributed by atoms with van der Waals surface area (Å²) in [6, 6.07) is 9.06. The van der Waals surface area contributed by atoms with Gasteiger partial charge in [-0.3, -0.25) is 4.79 Å². The molecule has 0 bridgehead atoms. The van der Waals surface area contributed by atoms with Crippen LogP contribution >= 0.6 is 0 Å². The van der Waals surface area contributed by atoms with Crippen molar-refractivity contribution in [1.29, 1.82) is 0 Å². The van der Waals surface area contributed by atoms with E-state index in [2.05, 4.69) is 43.4 Å². The Labute approximate surface area is 115 Å². The minimum absolute atomic E-state index is 0.0296. The average molecular weight is 257 g/mol. The van der Waals surface area contributed by atoms with Crippen molar-refractivity contribution in [3.63, 3.8) is 0 Å². The van der Waals surface area contributed by atoms with Gasteiger partial charge in [-0.15, -0.1) is 0 Å². The Balaban J connectivity index is 1.76. The Bertz CT molecular complexity index is 473. The first-order valence-corrected chi connectivity index (χ1v) is 7.49. The van der Waals surface area contributed by atoms with Crippen molar-refractivity contribution in [3.05, 3.63) is 35.4 Å². The van der Waals surface area contributed by atoms with E-state index >= 15 is 0 Å². The van der Waals surface area contributed by atoms with Crippen molar-refractivity contribution in [1.82, 2.24) is 5.32 Å². The van der Waals surface area contributed by atoms with E-state index in [-0.39, 0.29) is 11.4 Å². The van der Waals surface area contributed by atoms with Crippen LogP contribution in [-0.4, -0.2) is 11.4 Å². The lowest BCUT2D eigenvalue weighted by Crippen LogP contribution is -2.48. The Morgan fingerprint density at radius 2 is 1.95 bits per heavy atom. The van der Waals surface area contributed by atoms with Crippen molar-refractivity contribution in [2.45, 2.75) is 57.4 Å².